The van der Waals surface area contributed by atoms with E-state index in [1.807, 2.05) is 4.90 Å². The predicted octanol–water partition coefficient (Wildman–Crippen LogP) is 1.85. The molecule has 2 aliphatic heterocycles. The van der Waals surface area contributed by atoms with Crippen molar-refractivity contribution in [1.29, 1.82) is 0 Å². The van der Waals surface area contributed by atoms with Gasteiger partial charge in [-0.2, -0.15) is 4.98 Å². The highest BCUT2D eigenvalue weighted by atomic mass is 16.5. The molecular weight excluding hydrogens is 430 g/mol. The number of amides is 2. The zero-order chi connectivity index (χ0) is 23.5. The largest absolute Gasteiger partial charge is 0.493 e. The molecule has 0 aliphatic carbocycles. The molecule has 0 unspecified atom stereocenters. The molecule has 1 aromatic carbocycles. The van der Waals surface area contributed by atoms with Crippen LogP contribution in [-0.2, 0) is 9.59 Å². The second kappa shape index (κ2) is 9.39. The number of aromatic nitrogens is 2. The second-order valence-corrected chi connectivity index (χ2v) is 7.91. The molecule has 176 valence electrons. The highest BCUT2D eigenvalue weighted by molar-refractivity contribution is 6.04. The van der Waals surface area contributed by atoms with Gasteiger partial charge in [0.05, 0.1) is 32.8 Å². The number of piperidine rings is 1. The molecule has 0 radical (unpaired) electrons. The number of fused-ring (bicyclic) bond motifs is 1. The lowest BCUT2D eigenvalue weighted by Crippen LogP contribution is -2.38. The van der Waals surface area contributed by atoms with E-state index < -0.39 is 17.4 Å². The molecule has 0 saturated carbocycles. The lowest BCUT2D eigenvalue weighted by Gasteiger charge is -2.29. The Morgan fingerprint density at radius 3 is 2.33 bits per heavy atom. The highest BCUT2D eigenvalue weighted by Crippen LogP contribution is 2.40. The SMILES string of the molecule is COc1cc(NC(=O)[C@H]2CC(=O)Nc3nc(N4CCCCC4)[nH]c(=O)c32)cc(OC)c1OC. The first-order chi connectivity index (χ1) is 15.9. The van der Waals surface area contributed by atoms with E-state index in [2.05, 4.69) is 20.6 Å². The Bertz CT molecular complexity index is 1100. The molecule has 0 bridgehead atoms. The van der Waals surface area contributed by atoms with Crippen molar-refractivity contribution in [3.63, 3.8) is 0 Å². The van der Waals surface area contributed by atoms with Gasteiger partial charge in [-0.3, -0.25) is 19.4 Å². The molecule has 4 rings (SSSR count). The normalized spacial score (nSPS) is 17.6. The van der Waals surface area contributed by atoms with Crippen LogP contribution >= 0.6 is 0 Å². The number of nitrogens with zero attached hydrogens (tertiary/aromatic N) is 2. The first-order valence-electron chi connectivity index (χ1n) is 10.7. The van der Waals surface area contributed by atoms with Crippen LogP contribution in [0, 0.1) is 0 Å². The third kappa shape index (κ3) is 4.43. The number of anilines is 3. The minimum absolute atomic E-state index is 0.126. The fourth-order valence-corrected chi connectivity index (χ4v) is 4.22. The van der Waals surface area contributed by atoms with Gasteiger partial charge in [0.2, 0.25) is 23.5 Å². The average Bonchev–Trinajstić information content (AvgIpc) is 2.82. The van der Waals surface area contributed by atoms with Gasteiger partial charge in [-0.1, -0.05) is 0 Å². The topological polar surface area (TPSA) is 135 Å². The zero-order valence-corrected chi connectivity index (χ0v) is 18.8. The van der Waals surface area contributed by atoms with Crippen LogP contribution in [0.25, 0.3) is 0 Å². The van der Waals surface area contributed by atoms with Crippen LogP contribution in [0.1, 0.15) is 37.2 Å². The standard InChI is InChI=1S/C22H27N5O6/c1-31-14-9-12(10-15(32-2)18(14)33-3)23-20(29)13-11-16(28)24-19-17(13)21(30)26-22(25-19)27-7-5-4-6-8-27/h9-10,13H,4-8,11H2,1-3H3,(H,23,29)(H2,24,25,26,28,30)/t13-/m0/s1. The average molecular weight is 457 g/mol. The molecule has 1 fully saturated rings. The summed E-state index contributed by atoms with van der Waals surface area (Å²) in [6, 6.07) is 3.15. The van der Waals surface area contributed by atoms with Crippen molar-refractivity contribution in [2.24, 2.45) is 0 Å². The summed E-state index contributed by atoms with van der Waals surface area (Å²) in [5, 5.41) is 5.40. The maximum absolute atomic E-state index is 13.2. The minimum Gasteiger partial charge on any atom is -0.493 e. The highest BCUT2D eigenvalue weighted by Gasteiger charge is 2.35. The number of benzene rings is 1. The van der Waals surface area contributed by atoms with Crippen molar-refractivity contribution in [1.82, 2.24) is 9.97 Å². The summed E-state index contributed by atoms with van der Waals surface area (Å²) in [5.74, 6) is -0.260. The number of hydrogen-bond acceptors (Lipinski definition) is 8. The fraction of sp³-hybridized carbons (Fsp3) is 0.455. The van der Waals surface area contributed by atoms with Gasteiger partial charge in [0.1, 0.15) is 5.82 Å². The van der Waals surface area contributed by atoms with Crippen LogP contribution in [0.15, 0.2) is 16.9 Å². The summed E-state index contributed by atoms with van der Waals surface area (Å²) in [6.07, 6.45) is 2.97. The Morgan fingerprint density at radius 1 is 1.06 bits per heavy atom. The molecule has 3 N–H and O–H groups in total. The van der Waals surface area contributed by atoms with Crippen LogP contribution in [0.5, 0.6) is 17.2 Å². The molecule has 2 aromatic rings. The van der Waals surface area contributed by atoms with E-state index in [0.717, 1.165) is 32.4 Å². The summed E-state index contributed by atoms with van der Waals surface area (Å²) in [7, 11) is 4.42. The second-order valence-electron chi connectivity index (χ2n) is 7.91. The molecule has 2 aliphatic rings. The number of carbonyl (C=O) groups is 2. The molecule has 11 heteroatoms. The van der Waals surface area contributed by atoms with Crippen molar-refractivity contribution in [3.05, 3.63) is 28.0 Å². The summed E-state index contributed by atoms with van der Waals surface area (Å²) in [4.78, 5) is 47.8. The number of aromatic amines is 1. The molecule has 1 atom stereocenters. The lowest BCUT2D eigenvalue weighted by molar-refractivity contribution is -0.123. The van der Waals surface area contributed by atoms with Gasteiger partial charge in [0.15, 0.2) is 11.5 Å². The van der Waals surface area contributed by atoms with Crippen LogP contribution in [0.4, 0.5) is 17.5 Å². The van der Waals surface area contributed by atoms with E-state index in [4.69, 9.17) is 14.2 Å². The third-order valence-electron chi connectivity index (χ3n) is 5.84. The molecule has 0 spiro atoms. The van der Waals surface area contributed by atoms with Gasteiger partial charge in [-0.05, 0) is 19.3 Å². The fourth-order valence-electron chi connectivity index (χ4n) is 4.22. The molecule has 1 aromatic heterocycles. The smallest absolute Gasteiger partial charge is 0.258 e. The van der Waals surface area contributed by atoms with Crippen LogP contribution in [0.3, 0.4) is 0 Å². The summed E-state index contributed by atoms with van der Waals surface area (Å²) in [6.45, 7) is 1.56. The minimum atomic E-state index is -1.00. The lowest BCUT2D eigenvalue weighted by atomic mass is 9.92. The third-order valence-corrected chi connectivity index (χ3v) is 5.84. The molecule has 3 heterocycles. The number of methoxy groups -OCH3 is 3. The molecule has 2 amide bonds. The van der Waals surface area contributed by atoms with E-state index in [1.54, 1.807) is 12.1 Å². The van der Waals surface area contributed by atoms with Crippen molar-refractivity contribution in [2.75, 3.05) is 50.0 Å². The van der Waals surface area contributed by atoms with E-state index in [1.165, 1.54) is 21.3 Å². The molecule has 33 heavy (non-hydrogen) atoms. The van der Waals surface area contributed by atoms with Gasteiger partial charge in [0.25, 0.3) is 5.56 Å². The van der Waals surface area contributed by atoms with Crippen LogP contribution in [0.2, 0.25) is 0 Å². The van der Waals surface area contributed by atoms with Gasteiger partial charge in [-0.25, -0.2) is 0 Å². The number of H-pyrrole nitrogens is 1. The molecule has 1 saturated heterocycles. The number of rotatable bonds is 6. The number of ether oxygens (including phenoxy) is 3. The Kier molecular flexibility index (Phi) is 6.38. The summed E-state index contributed by atoms with van der Waals surface area (Å²) >= 11 is 0. The van der Waals surface area contributed by atoms with E-state index in [-0.39, 0.29) is 23.7 Å². The van der Waals surface area contributed by atoms with Gasteiger partial charge < -0.3 is 29.7 Å². The Hall–Kier alpha value is -3.76. The quantitative estimate of drug-likeness (QED) is 0.598. The molecule has 11 nitrogen and oxygen atoms in total. The van der Waals surface area contributed by atoms with Crippen molar-refractivity contribution in [3.8, 4) is 17.2 Å². The number of hydrogen-bond donors (Lipinski definition) is 3. The van der Waals surface area contributed by atoms with E-state index >= 15 is 0 Å². The number of nitrogens with one attached hydrogen (secondary N) is 3. The Morgan fingerprint density at radius 2 is 1.73 bits per heavy atom. The first kappa shape index (κ1) is 22.4. The van der Waals surface area contributed by atoms with Gasteiger partial charge >= 0.3 is 0 Å². The maximum atomic E-state index is 13.2. The van der Waals surface area contributed by atoms with E-state index in [9.17, 15) is 14.4 Å². The predicted molar refractivity (Wildman–Crippen MR) is 122 cm³/mol. The molecular formula is C22H27N5O6. The first-order valence-corrected chi connectivity index (χ1v) is 10.7. The van der Waals surface area contributed by atoms with Crippen molar-refractivity contribution < 1.29 is 23.8 Å². The number of carbonyl (C=O) groups excluding carboxylic acids is 2. The van der Waals surface area contributed by atoms with Crippen LogP contribution < -0.4 is 35.3 Å². The monoisotopic (exact) mass is 457 g/mol. The van der Waals surface area contributed by atoms with E-state index in [0.29, 0.717) is 28.9 Å². The van der Waals surface area contributed by atoms with Crippen molar-refractivity contribution in [2.45, 2.75) is 31.6 Å². The maximum Gasteiger partial charge on any atom is 0.258 e. The van der Waals surface area contributed by atoms with Crippen molar-refractivity contribution >= 4 is 29.3 Å². The summed E-state index contributed by atoms with van der Waals surface area (Å²) in [5.41, 5.74) is 0.0715. The Labute approximate surface area is 190 Å². The Balaban J connectivity index is 1.65. The summed E-state index contributed by atoms with van der Waals surface area (Å²) < 4.78 is 15.9. The van der Waals surface area contributed by atoms with Crippen LogP contribution in [-0.4, -0.2) is 56.2 Å². The van der Waals surface area contributed by atoms with Gasteiger partial charge in [0, 0.05) is 37.3 Å². The zero-order valence-electron chi connectivity index (χ0n) is 18.8. The van der Waals surface area contributed by atoms with Gasteiger partial charge in [-0.15, -0.1) is 0 Å².